The van der Waals surface area contributed by atoms with Gasteiger partial charge in [0, 0.05) is 12.1 Å². The number of carbonyl (C=O) groups is 1. The molecule has 0 heterocycles. The molecule has 0 aliphatic carbocycles. The zero-order chi connectivity index (χ0) is 15.3. The Hall–Kier alpha value is -1.82. The van der Waals surface area contributed by atoms with Gasteiger partial charge in [-0.25, -0.2) is 4.79 Å². The maximum Gasteiger partial charge on any atom is 0.412 e. The Kier molecular flexibility index (Phi) is 5.33. The first kappa shape index (κ1) is 16.2. The number of rotatable bonds is 4. The molecule has 1 aromatic rings. The molecule has 0 atom stereocenters. The summed E-state index contributed by atoms with van der Waals surface area (Å²) in [5.74, 6) is 0.672. The smallest absolute Gasteiger partial charge is 0.412 e. The van der Waals surface area contributed by atoms with Crippen LogP contribution >= 0.6 is 12.2 Å². The van der Waals surface area contributed by atoms with Gasteiger partial charge in [-0.2, -0.15) is 0 Å². The molecule has 0 aliphatic rings. The lowest BCUT2D eigenvalue weighted by Gasteiger charge is -2.20. The molecule has 1 aromatic carbocycles. The van der Waals surface area contributed by atoms with Crippen LogP contribution in [0.3, 0.4) is 0 Å². The zero-order valence-electron chi connectivity index (χ0n) is 12.1. The van der Waals surface area contributed by atoms with Crippen molar-refractivity contribution in [3.63, 3.8) is 0 Å². The van der Waals surface area contributed by atoms with Crippen molar-refractivity contribution in [1.29, 1.82) is 0 Å². The first-order valence-corrected chi connectivity index (χ1v) is 6.57. The lowest BCUT2D eigenvalue weighted by molar-refractivity contribution is 0.0636. The standard InChI is InChI=1S/C14H20N2O3S/c1-14(2,3)19-13(17)16-11-6-5-10(18-4)7-9(11)8-12(15)20/h5-7H,8H2,1-4H3,(H2,15,20)(H,16,17). The highest BCUT2D eigenvalue weighted by atomic mass is 32.1. The highest BCUT2D eigenvalue weighted by Crippen LogP contribution is 2.23. The topological polar surface area (TPSA) is 73.6 Å². The third-order valence-corrected chi connectivity index (χ3v) is 2.46. The number of amides is 1. The molecule has 0 spiro atoms. The Morgan fingerprint density at radius 3 is 2.55 bits per heavy atom. The van der Waals surface area contributed by atoms with Crippen LogP contribution in [-0.4, -0.2) is 23.8 Å². The predicted octanol–water partition coefficient (Wildman–Crippen LogP) is 2.87. The van der Waals surface area contributed by atoms with E-state index in [1.54, 1.807) is 46.1 Å². The SMILES string of the molecule is COc1ccc(NC(=O)OC(C)(C)C)c(CC(N)=S)c1. The van der Waals surface area contributed by atoms with E-state index in [9.17, 15) is 4.79 Å². The van der Waals surface area contributed by atoms with E-state index in [0.717, 1.165) is 5.56 Å². The molecular formula is C14H20N2O3S. The number of hydrogen-bond donors (Lipinski definition) is 2. The largest absolute Gasteiger partial charge is 0.497 e. The lowest BCUT2D eigenvalue weighted by atomic mass is 10.1. The number of hydrogen-bond acceptors (Lipinski definition) is 4. The number of nitrogens with two attached hydrogens (primary N) is 1. The molecule has 0 radical (unpaired) electrons. The molecule has 110 valence electrons. The average molecular weight is 296 g/mol. The van der Waals surface area contributed by atoms with E-state index >= 15 is 0 Å². The minimum absolute atomic E-state index is 0.338. The minimum atomic E-state index is -0.556. The fourth-order valence-corrected chi connectivity index (χ4v) is 1.72. The molecule has 0 aliphatic heterocycles. The van der Waals surface area contributed by atoms with Crippen LogP contribution in [0.5, 0.6) is 5.75 Å². The van der Waals surface area contributed by atoms with Gasteiger partial charge in [-0.15, -0.1) is 0 Å². The van der Waals surface area contributed by atoms with Crippen molar-refractivity contribution in [2.24, 2.45) is 5.73 Å². The molecule has 20 heavy (non-hydrogen) atoms. The summed E-state index contributed by atoms with van der Waals surface area (Å²) in [6.07, 6.45) is -0.149. The summed E-state index contributed by atoms with van der Waals surface area (Å²) in [7, 11) is 1.57. The van der Waals surface area contributed by atoms with Crippen LogP contribution in [-0.2, 0) is 11.2 Å². The van der Waals surface area contributed by atoms with E-state index in [4.69, 9.17) is 27.4 Å². The van der Waals surface area contributed by atoms with Gasteiger partial charge in [-0.3, -0.25) is 5.32 Å². The van der Waals surface area contributed by atoms with E-state index in [-0.39, 0.29) is 0 Å². The van der Waals surface area contributed by atoms with E-state index < -0.39 is 11.7 Å². The molecule has 0 aromatic heterocycles. The van der Waals surface area contributed by atoms with Gasteiger partial charge in [0.2, 0.25) is 0 Å². The number of benzene rings is 1. The van der Waals surface area contributed by atoms with Gasteiger partial charge in [0.05, 0.1) is 12.1 Å². The summed E-state index contributed by atoms with van der Waals surface area (Å²) in [4.78, 5) is 12.1. The first-order chi connectivity index (χ1) is 9.21. The maximum absolute atomic E-state index is 11.8. The van der Waals surface area contributed by atoms with Crippen LogP contribution in [0.1, 0.15) is 26.3 Å². The van der Waals surface area contributed by atoms with Gasteiger partial charge >= 0.3 is 6.09 Å². The third-order valence-electron chi connectivity index (χ3n) is 2.31. The van der Waals surface area contributed by atoms with Gasteiger partial charge < -0.3 is 15.2 Å². The van der Waals surface area contributed by atoms with E-state index in [1.807, 2.05) is 0 Å². The highest BCUT2D eigenvalue weighted by molar-refractivity contribution is 7.80. The second-order valence-electron chi connectivity index (χ2n) is 5.29. The summed E-state index contributed by atoms with van der Waals surface area (Å²) in [6, 6.07) is 5.26. The van der Waals surface area contributed by atoms with Crippen molar-refractivity contribution in [3.05, 3.63) is 23.8 Å². The number of thiocarbonyl (C=S) groups is 1. The number of nitrogens with one attached hydrogen (secondary N) is 1. The normalized spacial score (nSPS) is 10.8. The summed E-state index contributed by atoms with van der Waals surface area (Å²) >= 11 is 4.91. The quantitative estimate of drug-likeness (QED) is 0.836. The molecule has 0 unspecified atom stereocenters. The Labute approximate surface area is 124 Å². The van der Waals surface area contributed by atoms with Crippen LogP contribution in [0.25, 0.3) is 0 Å². The van der Waals surface area contributed by atoms with Crippen molar-refractivity contribution in [2.75, 3.05) is 12.4 Å². The van der Waals surface area contributed by atoms with E-state index in [2.05, 4.69) is 5.32 Å². The van der Waals surface area contributed by atoms with Gasteiger partial charge in [-0.1, -0.05) is 12.2 Å². The molecule has 0 bridgehead atoms. The van der Waals surface area contributed by atoms with Crippen LogP contribution in [0.2, 0.25) is 0 Å². The number of methoxy groups -OCH3 is 1. The predicted molar refractivity (Wildman–Crippen MR) is 83.3 cm³/mol. The number of ether oxygens (including phenoxy) is 2. The van der Waals surface area contributed by atoms with Crippen molar-refractivity contribution in [2.45, 2.75) is 32.8 Å². The molecule has 0 fully saturated rings. The first-order valence-electron chi connectivity index (χ1n) is 6.16. The molecular weight excluding hydrogens is 276 g/mol. The van der Waals surface area contributed by atoms with Crippen molar-refractivity contribution < 1.29 is 14.3 Å². The lowest BCUT2D eigenvalue weighted by Crippen LogP contribution is -2.27. The van der Waals surface area contributed by atoms with Gasteiger partial charge in [0.15, 0.2) is 0 Å². The summed E-state index contributed by atoms with van der Waals surface area (Å²) in [5.41, 5.74) is 6.39. The van der Waals surface area contributed by atoms with Crippen LogP contribution in [0.4, 0.5) is 10.5 Å². The molecule has 0 saturated carbocycles. The maximum atomic E-state index is 11.8. The monoisotopic (exact) mass is 296 g/mol. The minimum Gasteiger partial charge on any atom is -0.497 e. The van der Waals surface area contributed by atoms with Crippen LogP contribution in [0, 0.1) is 0 Å². The second kappa shape index (κ2) is 6.56. The summed E-state index contributed by atoms with van der Waals surface area (Å²) in [6.45, 7) is 5.41. The Balaban J connectivity index is 2.93. The molecule has 6 heteroatoms. The van der Waals surface area contributed by atoms with E-state index in [0.29, 0.717) is 22.8 Å². The second-order valence-corrected chi connectivity index (χ2v) is 5.82. The molecule has 1 amide bonds. The fraction of sp³-hybridized carbons (Fsp3) is 0.429. The fourth-order valence-electron chi connectivity index (χ4n) is 1.57. The number of anilines is 1. The zero-order valence-corrected chi connectivity index (χ0v) is 13.0. The van der Waals surface area contributed by atoms with Gasteiger partial charge in [0.1, 0.15) is 11.4 Å². The Morgan fingerprint density at radius 1 is 1.40 bits per heavy atom. The Bertz CT molecular complexity index is 510. The molecule has 0 saturated heterocycles. The molecule has 1 rings (SSSR count). The van der Waals surface area contributed by atoms with Crippen molar-refractivity contribution >= 4 is 29.0 Å². The van der Waals surface area contributed by atoms with Crippen molar-refractivity contribution in [1.82, 2.24) is 0 Å². The van der Waals surface area contributed by atoms with Gasteiger partial charge in [0.25, 0.3) is 0 Å². The molecule has 5 nitrogen and oxygen atoms in total. The van der Waals surface area contributed by atoms with Crippen LogP contribution in [0.15, 0.2) is 18.2 Å². The summed E-state index contributed by atoms with van der Waals surface area (Å²) in [5, 5.41) is 2.69. The Morgan fingerprint density at radius 2 is 2.05 bits per heavy atom. The molecule has 3 N–H and O–H groups in total. The van der Waals surface area contributed by atoms with Crippen molar-refractivity contribution in [3.8, 4) is 5.75 Å². The average Bonchev–Trinajstić information content (AvgIpc) is 2.28. The highest BCUT2D eigenvalue weighted by Gasteiger charge is 2.17. The van der Waals surface area contributed by atoms with Crippen LogP contribution < -0.4 is 15.8 Å². The van der Waals surface area contributed by atoms with Gasteiger partial charge in [-0.05, 0) is 44.5 Å². The summed E-state index contributed by atoms with van der Waals surface area (Å²) < 4.78 is 10.4. The van der Waals surface area contributed by atoms with E-state index in [1.165, 1.54) is 0 Å². The third kappa shape index (κ3) is 5.44. The number of carbonyl (C=O) groups excluding carboxylic acids is 1.